The highest BCUT2D eigenvalue weighted by atomic mass is 16.2. The van der Waals surface area contributed by atoms with Gasteiger partial charge in [-0.3, -0.25) is 19.2 Å². The monoisotopic (exact) mass is 987 g/mol. The molecule has 6 aromatic carbocycles. The van der Waals surface area contributed by atoms with Crippen molar-refractivity contribution in [1.82, 2.24) is 20.4 Å². The van der Waals surface area contributed by atoms with Crippen molar-refractivity contribution in [2.24, 2.45) is 23.7 Å². The summed E-state index contributed by atoms with van der Waals surface area (Å²) in [5.41, 5.74) is 11.0. The van der Waals surface area contributed by atoms with Crippen LogP contribution in [0.2, 0.25) is 0 Å². The predicted molar refractivity (Wildman–Crippen MR) is 292 cm³/mol. The predicted octanol–water partition coefficient (Wildman–Crippen LogP) is 12.1. The number of likely N-dealkylation sites (tertiary alicyclic amines) is 2. The van der Waals surface area contributed by atoms with Gasteiger partial charge < -0.3 is 31.1 Å². The van der Waals surface area contributed by atoms with Gasteiger partial charge in [0.15, 0.2) is 0 Å². The zero-order valence-corrected chi connectivity index (χ0v) is 42.8. The summed E-state index contributed by atoms with van der Waals surface area (Å²) in [6.45, 7) is 5.74. The van der Waals surface area contributed by atoms with Gasteiger partial charge in [-0.05, 0) is 122 Å². The van der Waals surface area contributed by atoms with Gasteiger partial charge in [0.1, 0.15) is 0 Å². The molecule has 2 aliphatic carbocycles. The maximum Gasteiger partial charge on any atom is 0.251 e. The van der Waals surface area contributed by atoms with Crippen molar-refractivity contribution < 1.29 is 19.2 Å². The third kappa shape index (κ3) is 9.95. The van der Waals surface area contributed by atoms with Crippen molar-refractivity contribution in [3.8, 4) is 0 Å². The SMILES string of the molecule is Cc1ccc2c(c1)N[C@@H](c1ccccc1)[C@H]1CCN(C(=O)[C@H]3CCCC[C@H]3NC(=O)c3ccccc3)[C@@H]21.Cc1ccc2c(c1)N[C@H](c1ccccc1)[C@@H]1CCN(C(=O)[C@H]3CCCC[C@H]3NC(=O)c3ccccc3)[C@H]21. The number of carbonyl (C=O) groups excluding carboxylic acids is 4. The van der Waals surface area contributed by atoms with E-state index in [9.17, 15) is 19.2 Å². The number of aryl methyl sites for hydroxylation is 2. The summed E-state index contributed by atoms with van der Waals surface area (Å²) in [6, 6.07) is 53.2. The fourth-order valence-corrected chi connectivity index (χ4v) is 13.6. The molecule has 6 aromatic rings. The smallest absolute Gasteiger partial charge is 0.251 e. The van der Waals surface area contributed by atoms with E-state index < -0.39 is 0 Å². The molecule has 4 aliphatic heterocycles. The molecule has 0 spiro atoms. The Hall–Kier alpha value is -7.20. The zero-order chi connectivity index (χ0) is 50.7. The third-order valence-electron chi connectivity index (χ3n) is 17.2. The van der Waals surface area contributed by atoms with Crippen molar-refractivity contribution in [3.63, 3.8) is 0 Å². The molecule has 74 heavy (non-hydrogen) atoms. The molecule has 10 atom stereocenters. The number of amides is 4. The van der Waals surface area contributed by atoms with Crippen LogP contribution in [0.3, 0.4) is 0 Å². The van der Waals surface area contributed by atoms with Crippen LogP contribution in [-0.2, 0) is 9.59 Å². The van der Waals surface area contributed by atoms with Crippen LogP contribution in [0, 0.1) is 37.5 Å². The zero-order valence-electron chi connectivity index (χ0n) is 42.8. The van der Waals surface area contributed by atoms with Gasteiger partial charge in [0.2, 0.25) is 11.8 Å². The van der Waals surface area contributed by atoms with Gasteiger partial charge >= 0.3 is 0 Å². The first-order chi connectivity index (χ1) is 36.2. The molecule has 4 amide bonds. The van der Waals surface area contributed by atoms with Gasteiger partial charge in [0.05, 0.1) is 36.0 Å². The van der Waals surface area contributed by atoms with Gasteiger partial charge in [-0.2, -0.15) is 0 Å². The van der Waals surface area contributed by atoms with E-state index in [1.807, 2.05) is 60.7 Å². The lowest BCUT2D eigenvalue weighted by Gasteiger charge is -2.42. The first-order valence-electron chi connectivity index (χ1n) is 27.4. The average Bonchev–Trinajstić information content (AvgIpc) is 4.10. The Morgan fingerprint density at radius 2 is 0.811 bits per heavy atom. The largest absolute Gasteiger partial charge is 0.378 e. The summed E-state index contributed by atoms with van der Waals surface area (Å²) < 4.78 is 0. The van der Waals surface area contributed by atoms with Crippen LogP contribution >= 0.6 is 0 Å². The molecular formula is C64H70N6O4. The number of hydrogen-bond acceptors (Lipinski definition) is 6. The standard InChI is InChI=1S/2C32H35N3O2/c2*1-21-16-17-24-28(20-21)33-29(22-10-4-2-5-11-22)26-18-19-35(30(24)26)32(37)25-14-8-9-15-27(25)34-31(36)23-12-6-3-7-13-23/h2*2-7,10-13,16-17,20,25-27,29-30,33H,8-9,14-15,18-19H2,1H3,(H,34,36)/t25-,26+,27+,29-,30-;25-,26-,27+,29+,30+/m00/s1. The van der Waals surface area contributed by atoms with Crippen molar-refractivity contribution in [2.45, 2.75) is 114 Å². The molecular weight excluding hydrogens is 917 g/mol. The fraction of sp³-hybridized carbons (Fsp3) is 0.375. The van der Waals surface area contributed by atoms with Crippen molar-refractivity contribution >= 4 is 35.0 Å². The maximum absolute atomic E-state index is 14.3. The van der Waals surface area contributed by atoms with Gasteiger partial charge in [-0.15, -0.1) is 0 Å². The number of nitrogens with one attached hydrogen (secondary N) is 4. The number of fused-ring (bicyclic) bond motifs is 6. The normalized spacial score (nSPS) is 26.5. The highest BCUT2D eigenvalue weighted by molar-refractivity contribution is 5.95. The molecule has 0 unspecified atom stereocenters. The molecule has 6 aliphatic rings. The first-order valence-corrected chi connectivity index (χ1v) is 27.4. The maximum atomic E-state index is 14.3. The van der Waals surface area contributed by atoms with E-state index in [2.05, 4.69) is 142 Å². The number of rotatable bonds is 8. The molecule has 380 valence electrons. The Balaban J connectivity index is 0.000000159. The second kappa shape index (κ2) is 21.7. The van der Waals surface area contributed by atoms with Gasteiger partial charge in [-0.25, -0.2) is 0 Å². The van der Waals surface area contributed by atoms with Crippen molar-refractivity contribution in [2.75, 3.05) is 23.7 Å². The molecule has 0 aromatic heterocycles. The average molecular weight is 987 g/mol. The molecule has 0 bridgehead atoms. The van der Waals surface area contributed by atoms with Gasteiger partial charge in [0, 0.05) is 59.5 Å². The lowest BCUT2D eigenvalue weighted by molar-refractivity contribution is -0.139. The van der Waals surface area contributed by atoms with Crippen LogP contribution in [0.15, 0.2) is 158 Å². The van der Waals surface area contributed by atoms with E-state index in [4.69, 9.17) is 0 Å². The Labute approximate surface area is 436 Å². The molecule has 0 radical (unpaired) electrons. The topological polar surface area (TPSA) is 123 Å². The molecule has 4 fully saturated rings. The second-order valence-electron chi connectivity index (χ2n) is 21.8. The molecule has 4 heterocycles. The molecule has 12 rings (SSSR count). The molecule has 2 saturated carbocycles. The van der Waals surface area contributed by atoms with Crippen LogP contribution in [0.4, 0.5) is 11.4 Å². The first kappa shape index (κ1) is 49.0. The van der Waals surface area contributed by atoms with Crippen molar-refractivity contribution in [1.29, 1.82) is 0 Å². The fourth-order valence-electron chi connectivity index (χ4n) is 13.6. The molecule has 2 saturated heterocycles. The Kier molecular flexibility index (Phi) is 14.4. The van der Waals surface area contributed by atoms with Crippen LogP contribution in [0.5, 0.6) is 0 Å². The van der Waals surface area contributed by atoms with E-state index >= 15 is 0 Å². The van der Waals surface area contributed by atoms with E-state index in [-0.39, 0.29) is 71.7 Å². The number of anilines is 2. The molecule has 10 heteroatoms. The van der Waals surface area contributed by atoms with E-state index in [1.54, 1.807) is 0 Å². The summed E-state index contributed by atoms with van der Waals surface area (Å²) in [4.78, 5) is 58.8. The number of hydrogen-bond donors (Lipinski definition) is 4. The van der Waals surface area contributed by atoms with Crippen LogP contribution in [0.1, 0.15) is 142 Å². The third-order valence-corrected chi connectivity index (χ3v) is 17.2. The minimum Gasteiger partial charge on any atom is -0.378 e. The van der Waals surface area contributed by atoms with Crippen molar-refractivity contribution in [3.05, 3.63) is 202 Å². The molecule has 4 N–H and O–H groups in total. The minimum absolute atomic E-state index is 0.0435. The minimum atomic E-state index is -0.181. The summed E-state index contributed by atoms with van der Waals surface area (Å²) >= 11 is 0. The Bertz CT molecular complexity index is 2750. The van der Waals surface area contributed by atoms with E-state index in [0.717, 1.165) is 88.7 Å². The van der Waals surface area contributed by atoms with Gasteiger partial charge in [0.25, 0.3) is 11.8 Å². The summed E-state index contributed by atoms with van der Waals surface area (Å²) in [6.07, 6.45) is 9.41. The van der Waals surface area contributed by atoms with E-state index in [0.29, 0.717) is 23.0 Å². The van der Waals surface area contributed by atoms with Gasteiger partial charge in [-0.1, -0.05) is 147 Å². The lowest BCUT2D eigenvalue weighted by atomic mass is 9.79. The summed E-state index contributed by atoms with van der Waals surface area (Å²) in [5, 5.41) is 14.1. The second-order valence-corrected chi connectivity index (χ2v) is 21.8. The number of carbonyl (C=O) groups is 4. The Morgan fingerprint density at radius 3 is 1.20 bits per heavy atom. The summed E-state index contributed by atoms with van der Waals surface area (Å²) in [5.74, 6) is 0.479. The summed E-state index contributed by atoms with van der Waals surface area (Å²) in [7, 11) is 0. The van der Waals surface area contributed by atoms with Crippen LogP contribution in [0.25, 0.3) is 0 Å². The highest BCUT2D eigenvalue weighted by Crippen LogP contribution is 2.54. The molecule has 10 nitrogen and oxygen atoms in total. The van der Waals surface area contributed by atoms with Crippen LogP contribution in [-0.4, -0.2) is 58.6 Å². The number of benzene rings is 6. The quantitative estimate of drug-likeness (QED) is 0.120. The lowest BCUT2D eigenvalue weighted by Crippen LogP contribution is -2.50. The van der Waals surface area contributed by atoms with E-state index in [1.165, 1.54) is 33.4 Å². The van der Waals surface area contributed by atoms with Crippen LogP contribution < -0.4 is 21.3 Å². The highest BCUT2D eigenvalue weighted by Gasteiger charge is 2.50. The Morgan fingerprint density at radius 1 is 0.446 bits per heavy atom. The number of nitrogens with zero attached hydrogens (tertiary/aromatic N) is 2.